The van der Waals surface area contributed by atoms with E-state index in [0.29, 0.717) is 11.8 Å². The quantitative estimate of drug-likeness (QED) is 0.671. The Morgan fingerprint density at radius 1 is 1.31 bits per heavy atom. The predicted octanol–water partition coefficient (Wildman–Crippen LogP) is 0.653. The molecule has 0 spiro atoms. The molecule has 1 aliphatic heterocycles. The average Bonchev–Trinajstić information content (AvgIpc) is 2.19. The zero-order chi connectivity index (χ0) is 9.52. The Morgan fingerprint density at radius 2 is 2.00 bits per heavy atom. The first kappa shape index (κ1) is 11.1. The van der Waals surface area contributed by atoms with Crippen LogP contribution in [0.25, 0.3) is 0 Å². The van der Waals surface area contributed by atoms with Crippen LogP contribution >= 0.6 is 0 Å². The Balaban J connectivity index is 2.13. The van der Waals surface area contributed by atoms with Gasteiger partial charge in [0.25, 0.3) is 0 Å². The second-order valence-electron chi connectivity index (χ2n) is 3.39. The molecule has 0 bridgehead atoms. The van der Waals surface area contributed by atoms with Crippen molar-refractivity contribution in [3.8, 4) is 0 Å². The van der Waals surface area contributed by atoms with Crippen LogP contribution in [0.1, 0.15) is 25.7 Å². The van der Waals surface area contributed by atoms with Crippen molar-refractivity contribution in [2.24, 2.45) is 5.73 Å². The predicted molar refractivity (Wildman–Crippen MR) is 55.1 cm³/mol. The van der Waals surface area contributed by atoms with Gasteiger partial charge in [0.1, 0.15) is 0 Å². The Labute approximate surface area is 82.5 Å². The van der Waals surface area contributed by atoms with E-state index in [9.17, 15) is 4.21 Å². The molecule has 1 saturated heterocycles. The zero-order valence-corrected chi connectivity index (χ0v) is 8.85. The first-order chi connectivity index (χ1) is 6.34. The maximum atomic E-state index is 11.7. The average molecular weight is 205 g/mol. The van der Waals surface area contributed by atoms with Gasteiger partial charge >= 0.3 is 0 Å². The van der Waals surface area contributed by atoms with E-state index in [1.54, 1.807) is 0 Å². The van der Waals surface area contributed by atoms with Crippen LogP contribution in [0.2, 0.25) is 0 Å². The number of ether oxygens (including phenoxy) is 1. The van der Waals surface area contributed by atoms with E-state index in [1.165, 1.54) is 0 Å². The normalized spacial score (nSPS) is 21.6. The third-order valence-electron chi connectivity index (χ3n) is 2.34. The summed E-state index contributed by atoms with van der Waals surface area (Å²) in [5.41, 5.74) is 5.37. The molecular formula is C9H19NO2S. The largest absolute Gasteiger partial charge is 0.381 e. The van der Waals surface area contributed by atoms with Crippen LogP contribution in [0.15, 0.2) is 0 Å². The highest BCUT2D eigenvalue weighted by Crippen LogP contribution is 2.14. The first-order valence-electron chi connectivity index (χ1n) is 4.99. The smallest absolute Gasteiger partial charge is 0.0477 e. The Morgan fingerprint density at radius 3 is 2.62 bits per heavy atom. The third kappa shape index (κ3) is 4.20. The molecule has 1 aliphatic rings. The molecule has 0 radical (unpaired) electrons. The van der Waals surface area contributed by atoms with E-state index >= 15 is 0 Å². The summed E-state index contributed by atoms with van der Waals surface area (Å²) in [4.78, 5) is 0. The standard InChI is InChI=1S/C9H19NO2S/c10-5-1-2-8-13(11)9-3-6-12-7-4-9/h9H,1-8,10H2. The van der Waals surface area contributed by atoms with Gasteiger partial charge in [0.2, 0.25) is 0 Å². The number of nitrogens with two attached hydrogens (primary N) is 1. The zero-order valence-electron chi connectivity index (χ0n) is 8.04. The Hall–Kier alpha value is 0.0700. The van der Waals surface area contributed by atoms with Gasteiger partial charge in [0, 0.05) is 35.0 Å². The minimum absolute atomic E-state index is 0.381. The maximum absolute atomic E-state index is 11.7. The lowest BCUT2D eigenvalue weighted by atomic mass is 10.2. The second kappa shape index (κ2) is 6.51. The van der Waals surface area contributed by atoms with Crippen LogP contribution in [0.4, 0.5) is 0 Å². The van der Waals surface area contributed by atoms with Crippen LogP contribution in [0.3, 0.4) is 0 Å². The van der Waals surface area contributed by atoms with E-state index in [2.05, 4.69) is 0 Å². The molecule has 1 heterocycles. The molecule has 0 aliphatic carbocycles. The van der Waals surface area contributed by atoms with Crippen molar-refractivity contribution in [2.75, 3.05) is 25.5 Å². The second-order valence-corrected chi connectivity index (χ2v) is 5.23. The minimum atomic E-state index is -0.644. The van der Waals surface area contributed by atoms with Gasteiger partial charge in [-0.1, -0.05) is 0 Å². The van der Waals surface area contributed by atoms with Crippen LogP contribution in [0, 0.1) is 0 Å². The van der Waals surface area contributed by atoms with Gasteiger partial charge in [-0.3, -0.25) is 4.21 Å². The van der Waals surface area contributed by atoms with Gasteiger partial charge in [-0.25, -0.2) is 0 Å². The van der Waals surface area contributed by atoms with Crippen LogP contribution in [-0.2, 0) is 15.5 Å². The molecule has 1 unspecified atom stereocenters. The van der Waals surface area contributed by atoms with E-state index in [1.807, 2.05) is 0 Å². The summed E-state index contributed by atoms with van der Waals surface area (Å²) in [6.45, 7) is 2.28. The molecular weight excluding hydrogens is 186 g/mol. The van der Waals surface area contributed by atoms with Gasteiger partial charge < -0.3 is 10.5 Å². The summed E-state index contributed by atoms with van der Waals surface area (Å²) < 4.78 is 16.9. The number of hydrogen-bond donors (Lipinski definition) is 1. The topological polar surface area (TPSA) is 52.3 Å². The molecule has 2 N–H and O–H groups in total. The molecule has 4 heteroatoms. The molecule has 3 nitrogen and oxygen atoms in total. The number of unbranched alkanes of at least 4 members (excludes halogenated alkanes) is 1. The fourth-order valence-electron chi connectivity index (χ4n) is 1.49. The van der Waals surface area contributed by atoms with E-state index in [-0.39, 0.29) is 0 Å². The molecule has 1 fully saturated rings. The van der Waals surface area contributed by atoms with Gasteiger partial charge in [-0.2, -0.15) is 0 Å². The molecule has 1 rings (SSSR count). The molecule has 0 aromatic heterocycles. The molecule has 0 amide bonds. The summed E-state index contributed by atoms with van der Waals surface area (Å²) in [6, 6.07) is 0. The summed E-state index contributed by atoms with van der Waals surface area (Å²) in [5, 5.41) is 0.381. The SMILES string of the molecule is NCCCCS(=O)C1CCOCC1. The van der Waals surface area contributed by atoms with E-state index in [4.69, 9.17) is 10.5 Å². The van der Waals surface area contributed by atoms with Gasteiger partial charge in [-0.15, -0.1) is 0 Å². The molecule has 13 heavy (non-hydrogen) atoms. The van der Waals surface area contributed by atoms with Crippen molar-refractivity contribution in [2.45, 2.75) is 30.9 Å². The lowest BCUT2D eigenvalue weighted by molar-refractivity contribution is 0.0992. The maximum Gasteiger partial charge on any atom is 0.0477 e. The highest BCUT2D eigenvalue weighted by molar-refractivity contribution is 7.85. The highest BCUT2D eigenvalue weighted by Gasteiger charge is 2.19. The molecule has 1 atom stereocenters. The monoisotopic (exact) mass is 205 g/mol. The summed E-state index contributed by atoms with van der Waals surface area (Å²) in [5.74, 6) is 0.821. The van der Waals surface area contributed by atoms with E-state index in [0.717, 1.165) is 44.6 Å². The van der Waals surface area contributed by atoms with Crippen molar-refractivity contribution in [1.82, 2.24) is 0 Å². The summed E-state index contributed by atoms with van der Waals surface area (Å²) in [6.07, 6.45) is 3.93. The molecule has 78 valence electrons. The number of rotatable bonds is 5. The Bertz CT molecular complexity index is 158. The highest BCUT2D eigenvalue weighted by atomic mass is 32.2. The lowest BCUT2D eigenvalue weighted by Crippen LogP contribution is -2.26. The van der Waals surface area contributed by atoms with E-state index < -0.39 is 10.8 Å². The van der Waals surface area contributed by atoms with Crippen LogP contribution in [-0.4, -0.2) is 35.0 Å². The van der Waals surface area contributed by atoms with Gasteiger partial charge in [0.05, 0.1) is 0 Å². The van der Waals surface area contributed by atoms with Gasteiger partial charge in [-0.05, 0) is 32.2 Å². The molecule has 0 aromatic carbocycles. The van der Waals surface area contributed by atoms with Crippen LogP contribution < -0.4 is 5.73 Å². The van der Waals surface area contributed by atoms with Crippen LogP contribution in [0.5, 0.6) is 0 Å². The fraction of sp³-hybridized carbons (Fsp3) is 1.00. The Kier molecular flexibility index (Phi) is 5.58. The first-order valence-corrected chi connectivity index (χ1v) is 6.38. The van der Waals surface area contributed by atoms with Gasteiger partial charge in [0.15, 0.2) is 0 Å². The van der Waals surface area contributed by atoms with Crippen molar-refractivity contribution in [1.29, 1.82) is 0 Å². The molecule has 0 aromatic rings. The van der Waals surface area contributed by atoms with Crippen molar-refractivity contribution < 1.29 is 8.95 Å². The van der Waals surface area contributed by atoms with Crippen molar-refractivity contribution >= 4 is 10.8 Å². The summed E-state index contributed by atoms with van der Waals surface area (Å²) >= 11 is 0. The third-order valence-corrected chi connectivity index (χ3v) is 4.25. The lowest BCUT2D eigenvalue weighted by Gasteiger charge is -2.21. The fourth-order valence-corrected chi connectivity index (χ4v) is 3.03. The van der Waals surface area contributed by atoms with Crippen molar-refractivity contribution in [3.63, 3.8) is 0 Å². The summed E-state index contributed by atoms with van der Waals surface area (Å²) in [7, 11) is -0.644. The minimum Gasteiger partial charge on any atom is -0.381 e. The molecule has 0 saturated carbocycles. The van der Waals surface area contributed by atoms with Crippen molar-refractivity contribution in [3.05, 3.63) is 0 Å². The number of hydrogen-bond acceptors (Lipinski definition) is 3.